The van der Waals surface area contributed by atoms with Crippen LogP contribution in [-0.2, 0) is 6.61 Å². The first kappa shape index (κ1) is 8.59. The van der Waals surface area contributed by atoms with Gasteiger partial charge >= 0.3 is 0 Å². The number of aliphatic hydroxyl groups excluding tert-OH is 1. The van der Waals surface area contributed by atoms with E-state index in [1.807, 2.05) is 18.2 Å². The van der Waals surface area contributed by atoms with Crippen molar-refractivity contribution in [3.63, 3.8) is 0 Å². The third-order valence-electron chi connectivity index (χ3n) is 1.72. The molecule has 0 fully saturated rings. The van der Waals surface area contributed by atoms with Crippen molar-refractivity contribution in [3.05, 3.63) is 34.6 Å². The number of benzene rings is 1. The quantitative estimate of drug-likeness (QED) is 0.826. The number of fused-ring (bicyclic) bond motifs is 1. The second-order valence-corrected chi connectivity index (χ2v) is 3.57. The lowest BCUT2D eigenvalue weighted by Gasteiger charge is -1.99. The van der Waals surface area contributed by atoms with Gasteiger partial charge in [0.05, 0.1) is 29.5 Å². The van der Waals surface area contributed by atoms with Crippen LogP contribution in [0.5, 0.6) is 0 Å². The molecule has 2 rings (SSSR count). The monoisotopic (exact) mass is 238 g/mol. The molecule has 0 saturated carbocycles. The van der Waals surface area contributed by atoms with Gasteiger partial charge in [-0.3, -0.25) is 4.98 Å². The summed E-state index contributed by atoms with van der Waals surface area (Å²) in [5.41, 5.74) is 2.22. The maximum Gasteiger partial charge on any atom is 0.0898 e. The minimum absolute atomic E-state index is 0.0704. The summed E-state index contributed by atoms with van der Waals surface area (Å²) < 4.78 is 0.978. The van der Waals surface area contributed by atoms with Gasteiger partial charge in [0.15, 0.2) is 0 Å². The molecule has 0 amide bonds. The first-order valence-corrected chi connectivity index (χ1v) is 4.61. The highest BCUT2D eigenvalue weighted by Crippen LogP contribution is 2.16. The highest BCUT2D eigenvalue weighted by Gasteiger charge is 1.98. The van der Waals surface area contributed by atoms with Crippen molar-refractivity contribution in [2.45, 2.75) is 6.61 Å². The van der Waals surface area contributed by atoms with Crippen LogP contribution >= 0.6 is 15.9 Å². The van der Waals surface area contributed by atoms with Crippen LogP contribution in [0.2, 0.25) is 0 Å². The molecule has 1 N–H and O–H groups in total. The Bertz CT molecular complexity index is 445. The van der Waals surface area contributed by atoms with Crippen LogP contribution in [0, 0.1) is 0 Å². The molecular formula is C9H7BrN2O. The van der Waals surface area contributed by atoms with Crippen LogP contribution in [0.4, 0.5) is 0 Å². The Balaban J connectivity index is 2.66. The normalized spacial score (nSPS) is 10.6. The van der Waals surface area contributed by atoms with Crippen molar-refractivity contribution < 1.29 is 5.11 Å². The third-order valence-corrected chi connectivity index (χ3v) is 2.21. The van der Waals surface area contributed by atoms with E-state index in [-0.39, 0.29) is 6.61 Å². The zero-order valence-electron chi connectivity index (χ0n) is 6.74. The Morgan fingerprint density at radius 3 is 2.92 bits per heavy atom. The number of aliphatic hydroxyl groups is 1. The SMILES string of the molecule is OCc1cnc2cc(Br)ccc2n1. The van der Waals surface area contributed by atoms with Crippen molar-refractivity contribution in [2.24, 2.45) is 0 Å². The number of halogens is 1. The summed E-state index contributed by atoms with van der Waals surface area (Å²) in [6.07, 6.45) is 1.58. The predicted octanol–water partition coefficient (Wildman–Crippen LogP) is 1.88. The molecule has 13 heavy (non-hydrogen) atoms. The molecule has 0 aliphatic rings. The lowest BCUT2D eigenvalue weighted by atomic mass is 10.3. The van der Waals surface area contributed by atoms with E-state index in [4.69, 9.17) is 5.11 Å². The molecule has 0 radical (unpaired) electrons. The summed E-state index contributed by atoms with van der Waals surface area (Å²) >= 11 is 3.35. The summed E-state index contributed by atoms with van der Waals surface area (Å²) in [7, 11) is 0. The van der Waals surface area contributed by atoms with Gasteiger partial charge in [0.25, 0.3) is 0 Å². The van der Waals surface area contributed by atoms with E-state index < -0.39 is 0 Å². The first-order valence-electron chi connectivity index (χ1n) is 3.81. The van der Waals surface area contributed by atoms with Crippen LogP contribution in [0.15, 0.2) is 28.9 Å². The number of hydrogen-bond donors (Lipinski definition) is 1. The Morgan fingerprint density at radius 2 is 2.15 bits per heavy atom. The van der Waals surface area contributed by atoms with Crippen molar-refractivity contribution in [1.82, 2.24) is 9.97 Å². The molecule has 0 aliphatic carbocycles. The average Bonchev–Trinajstić information content (AvgIpc) is 2.17. The van der Waals surface area contributed by atoms with E-state index in [2.05, 4.69) is 25.9 Å². The molecular weight excluding hydrogens is 232 g/mol. The summed E-state index contributed by atoms with van der Waals surface area (Å²) in [4.78, 5) is 8.36. The van der Waals surface area contributed by atoms with E-state index in [1.54, 1.807) is 6.20 Å². The van der Waals surface area contributed by atoms with Crippen LogP contribution in [0.3, 0.4) is 0 Å². The Labute approximate surface area is 83.6 Å². The van der Waals surface area contributed by atoms with Crippen molar-refractivity contribution in [2.75, 3.05) is 0 Å². The zero-order valence-corrected chi connectivity index (χ0v) is 8.32. The van der Waals surface area contributed by atoms with Crippen molar-refractivity contribution >= 4 is 27.0 Å². The van der Waals surface area contributed by atoms with Gasteiger partial charge in [-0.2, -0.15) is 0 Å². The zero-order chi connectivity index (χ0) is 9.26. The van der Waals surface area contributed by atoms with E-state index in [1.165, 1.54) is 0 Å². The molecule has 0 saturated heterocycles. The van der Waals surface area contributed by atoms with Gasteiger partial charge in [0.1, 0.15) is 0 Å². The molecule has 66 valence electrons. The molecule has 1 heterocycles. The number of rotatable bonds is 1. The topological polar surface area (TPSA) is 46.0 Å². The fourth-order valence-corrected chi connectivity index (χ4v) is 1.45. The summed E-state index contributed by atoms with van der Waals surface area (Å²) in [6, 6.07) is 5.66. The van der Waals surface area contributed by atoms with Gasteiger partial charge in [-0.15, -0.1) is 0 Å². The molecule has 1 aromatic carbocycles. The molecule has 4 heteroatoms. The Hall–Kier alpha value is -1.00. The summed E-state index contributed by atoms with van der Waals surface area (Å²) in [6.45, 7) is -0.0704. The average molecular weight is 239 g/mol. The maximum absolute atomic E-state index is 8.84. The van der Waals surface area contributed by atoms with Crippen LogP contribution in [0.1, 0.15) is 5.69 Å². The van der Waals surface area contributed by atoms with E-state index in [9.17, 15) is 0 Å². The standard InChI is InChI=1S/C9H7BrN2O/c10-6-1-2-8-9(3-6)11-4-7(5-13)12-8/h1-4,13H,5H2. The van der Waals surface area contributed by atoms with Crippen LogP contribution < -0.4 is 0 Å². The molecule has 0 bridgehead atoms. The van der Waals surface area contributed by atoms with Crippen LogP contribution in [0.25, 0.3) is 11.0 Å². The van der Waals surface area contributed by atoms with Gasteiger partial charge < -0.3 is 5.11 Å². The molecule has 1 aromatic heterocycles. The lowest BCUT2D eigenvalue weighted by Crippen LogP contribution is -1.91. The maximum atomic E-state index is 8.84. The third kappa shape index (κ3) is 1.68. The summed E-state index contributed by atoms with van der Waals surface area (Å²) in [5.74, 6) is 0. The minimum atomic E-state index is -0.0704. The van der Waals surface area contributed by atoms with Gasteiger partial charge in [0, 0.05) is 4.47 Å². The Morgan fingerprint density at radius 1 is 1.31 bits per heavy atom. The molecule has 0 spiro atoms. The number of hydrogen-bond acceptors (Lipinski definition) is 3. The van der Waals surface area contributed by atoms with E-state index in [0.29, 0.717) is 5.69 Å². The molecule has 2 aromatic rings. The fourth-order valence-electron chi connectivity index (χ4n) is 1.10. The molecule has 3 nitrogen and oxygen atoms in total. The van der Waals surface area contributed by atoms with Crippen molar-refractivity contribution in [3.8, 4) is 0 Å². The largest absolute Gasteiger partial charge is 0.390 e. The summed E-state index contributed by atoms with van der Waals surface area (Å²) in [5, 5.41) is 8.84. The van der Waals surface area contributed by atoms with E-state index >= 15 is 0 Å². The van der Waals surface area contributed by atoms with Gasteiger partial charge in [-0.25, -0.2) is 4.98 Å². The molecule has 0 unspecified atom stereocenters. The smallest absolute Gasteiger partial charge is 0.0898 e. The van der Waals surface area contributed by atoms with Crippen LogP contribution in [-0.4, -0.2) is 15.1 Å². The fraction of sp³-hybridized carbons (Fsp3) is 0.111. The highest BCUT2D eigenvalue weighted by molar-refractivity contribution is 9.10. The van der Waals surface area contributed by atoms with Crippen molar-refractivity contribution in [1.29, 1.82) is 0 Å². The van der Waals surface area contributed by atoms with Gasteiger partial charge in [0.2, 0.25) is 0 Å². The molecule has 0 aliphatic heterocycles. The Kier molecular flexibility index (Phi) is 2.24. The number of nitrogens with zero attached hydrogens (tertiary/aromatic N) is 2. The number of aromatic nitrogens is 2. The van der Waals surface area contributed by atoms with Gasteiger partial charge in [-0.05, 0) is 18.2 Å². The highest BCUT2D eigenvalue weighted by atomic mass is 79.9. The van der Waals surface area contributed by atoms with Gasteiger partial charge in [-0.1, -0.05) is 15.9 Å². The lowest BCUT2D eigenvalue weighted by molar-refractivity contribution is 0.277. The first-order chi connectivity index (χ1) is 6.29. The van der Waals surface area contributed by atoms with E-state index in [0.717, 1.165) is 15.5 Å². The second kappa shape index (κ2) is 3.40. The molecule has 0 atom stereocenters. The second-order valence-electron chi connectivity index (χ2n) is 2.65. The minimum Gasteiger partial charge on any atom is -0.390 e. The predicted molar refractivity (Wildman–Crippen MR) is 53.2 cm³/mol.